The molecule has 0 amide bonds. The van der Waals surface area contributed by atoms with E-state index in [1.807, 2.05) is 0 Å². The minimum atomic E-state index is 0.242. The van der Waals surface area contributed by atoms with Crippen molar-refractivity contribution in [2.75, 3.05) is 7.05 Å². The van der Waals surface area contributed by atoms with Crippen molar-refractivity contribution in [3.8, 4) is 0 Å². The van der Waals surface area contributed by atoms with Crippen LogP contribution in [0.2, 0.25) is 0 Å². The van der Waals surface area contributed by atoms with Crippen LogP contribution in [0.4, 0.5) is 0 Å². The van der Waals surface area contributed by atoms with Gasteiger partial charge in [-0.3, -0.25) is 5.10 Å². The van der Waals surface area contributed by atoms with Crippen LogP contribution in [-0.2, 0) is 6.42 Å². The normalized spacial score (nSPS) is 19.8. The first-order chi connectivity index (χ1) is 8.15. The summed E-state index contributed by atoms with van der Waals surface area (Å²) >= 11 is 0. The van der Waals surface area contributed by atoms with Crippen molar-refractivity contribution in [1.82, 2.24) is 20.5 Å². The molecule has 4 heteroatoms. The Morgan fingerprint density at radius 3 is 2.53 bits per heavy atom. The molecule has 96 valence electrons. The molecule has 0 aliphatic heterocycles. The van der Waals surface area contributed by atoms with Crippen molar-refractivity contribution in [2.24, 2.45) is 0 Å². The van der Waals surface area contributed by atoms with E-state index in [0.29, 0.717) is 5.92 Å². The van der Waals surface area contributed by atoms with Gasteiger partial charge in [-0.15, -0.1) is 0 Å². The lowest BCUT2D eigenvalue weighted by atomic mass is 9.79. The molecule has 0 saturated heterocycles. The lowest BCUT2D eigenvalue weighted by molar-refractivity contribution is 0.241. The van der Waals surface area contributed by atoms with Crippen LogP contribution in [0.3, 0.4) is 0 Å². The van der Waals surface area contributed by atoms with Crippen molar-refractivity contribution in [2.45, 2.75) is 63.8 Å². The third-order valence-corrected chi connectivity index (χ3v) is 3.91. The highest BCUT2D eigenvalue weighted by Gasteiger charge is 2.31. The molecule has 0 radical (unpaired) electrons. The number of nitrogens with one attached hydrogen (secondary N) is 2. The van der Waals surface area contributed by atoms with Gasteiger partial charge in [0.1, 0.15) is 5.82 Å². The van der Waals surface area contributed by atoms with Crippen molar-refractivity contribution in [1.29, 1.82) is 0 Å². The second-order valence-electron chi connectivity index (χ2n) is 5.56. The van der Waals surface area contributed by atoms with Crippen LogP contribution < -0.4 is 5.32 Å². The smallest absolute Gasteiger partial charge is 0.153 e. The average molecular weight is 236 g/mol. The zero-order valence-corrected chi connectivity index (χ0v) is 11.2. The van der Waals surface area contributed by atoms with E-state index in [9.17, 15) is 0 Å². The van der Waals surface area contributed by atoms with Gasteiger partial charge in [0.05, 0.1) is 0 Å². The zero-order valence-electron chi connectivity index (χ0n) is 11.2. The molecule has 2 rings (SSSR count). The summed E-state index contributed by atoms with van der Waals surface area (Å²) < 4.78 is 0. The molecular weight excluding hydrogens is 212 g/mol. The van der Waals surface area contributed by atoms with Gasteiger partial charge >= 0.3 is 0 Å². The largest absolute Gasteiger partial charge is 0.314 e. The van der Waals surface area contributed by atoms with Crippen LogP contribution in [0, 0.1) is 0 Å². The number of aromatic amines is 1. The van der Waals surface area contributed by atoms with E-state index >= 15 is 0 Å². The standard InChI is InChI=1S/C13H24N4/c1-10(2)12-15-11(16-17-12)9-13(14-3)7-5-4-6-8-13/h10,14H,4-9H2,1-3H3,(H,15,16,17). The maximum absolute atomic E-state index is 4.59. The second kappa shape index (κ2) is 5.17. The molecule has 1 fully saturated rings. The summed E-state index contributed by atoms with van der Waals surface area (Å²) in [5.41, 5.74) is 0.242. The number of hydrogen-bond donors (Lipinski definition) is 2. The van der Waals surface area contributed by atoms with E-state index in [-0.39, 0.29) is 5.54 Å². The molecule has 1 saturated carbocycles. The fourth-order valence-corrected chi connectivity index (χ4v) is 2.71. The summed E-state index contributed by atoms with van der Waals surface area (Å²) in [7, 11) is 2.07. The van der Waals surface area contributed by atoms with E-state index in [0.717, 1.165) is 18.1 Å². The van der Waals surface area contributed by atoms with Gasteiger partial charge in [0.15, 0.2) is 5.82 Å². The molecule has 0 spiro atoms. The van der Waals surface area contributed by atoms with Crippen LogP contribution >= 0.6 is 0 Å². The first-order valence-corrected chi connectivity index (χ1v) is 6.75. The lowest BCUT2D eigenvalue weighted by Gasteiger charge is -2.36. The van der Waals surface area contributed by atoms with Crippen molar-refractivity contribution in [3.63, 3.8) is 0 Å². The topological polar surface area (TPSA) is 53.6 Å². The van der Waals surface area contributed by atoms with Gasteiger partial charge in [0.25, 0.3) is 0 Å². The summed E-state index contributed by atoms with van der Waals surface area (Å²) in [6.45, 7) is 4.25. The third-order valence-electron chi connectivity index (χ3n) is 3.91. The summed E-state index contributed by atoms with van der Waals surface area (Å²) in [6.07, 6.45) is 7.50. The number of hydrogen-bond acceptors (Lipinski definition) is 3. The predicted octanol–water partition coefficient (Wildman–Crippen LogP) is 2.39. The van der Waals surface area contributed by atoms with Gasteiger partial charge in [-0.25, -0.2) is 4.98 Å². The summed E-state index contributed by atoms with van der Waals surface area (Å²) in [6, 6.07) is 0. The minimum absolute atomic E-state index is 0.242. The number of likely N-dealkylation sites (N-methyl/N-ethyl adjacent to an activating group) is 1. The van der Waals surface area contributed by atoms with Gasteiger partial charge in [-0.2, -0.15) is 5.10 Å². The Labute approximate surface area is 104 Å². The molecular formula is C13H24N4. The Balaban J connectivity index is 2.06. The Hall–Kier alpha value is -0.900. The van der Waals surface area contributed by atoms with Crippen molar-refractivity contribution < 1.29 is 0 Å². The van der Waals surface area contributed by atoms with Crippen LogP contribution in [0.5, 0.6) is 0 Å². The molecule has 0 atom stereocenters. The molecule has 2 N–H and O–H groups in total. The fourth-order valence-electron chi connectivity index (χ4n) is 2.71. The number of aromatic nitrogens is 3. The molecule has 1 aliphatic rings. The van der Waals surface area contributed by atoms with Gasteiger partial charge in [0.2, 0.25) is 0 Å². The molecule has 1 aromatic heterocycles. The average Bonchev–Trinajstić information content (AvgIpc) is 2.79. The number of nitrogens with zero attached hydrogens (tertiary/aromatic N) is 2. The first kappa shape index (κ1) is 12.6. The molecule has 1 heterocycles. The maximum atomic E-state index is 4.59. The third kappa shape index (κ3) is 2.86. The quantitative estimate of drug-likeness (QED) is 0.844. The molecule has 4 nitrogen and oxygen atoms in total. The van der Waals surface area contributed by atoms with Gasteiger partial charge in [-0.05, 0) is 19.9 Å². The molecule has 17 heavy (non-hydrogen) atoms. The Morgan fingerprint density at radius 1 is 1.29 bits per heavy atom. The summed E-state index contributed by atoms with van der Waals surface area (Å²) in [5, 5.41) is 10.9. The zero-order chi connectivity index (χ0) is 12.3. The Kier molecular flexibility index (Phi) is 3.82. The van der Waals surface area contributed by atoms with Crippen LogP contribution in [0.1, 0.15) is 63.5 Å². The highest BCUT2D eigenvalue weighted by molar-refractivity contribution is 5.02. The highest BCUT2D eigenvalue weighted by Crippen LogP contribution is 2.30. The first-order valence-electron chi connectivity index (χ1n) is 6.75. The van der Waals surface area contributed by atoms with Crippen molar-refractivity contribution in [3.05, 3.63) is 11.6 Å². The number of H-pyrrole nitrogens is 1. The van der Waals surface area contributed by atoms with Gasteiger partial charge in [0, 0.05) is 17.9 Å². The monoisotopic (exact) mass is 236 g/mol. The fraction of sp³-hybridized carbons (Fsp3) is 0.846. The molecule has 0 unspecified atom stereocenters. The molecule has 1 aliphatic carbocycles. The molecule has 0 aromatic carbocycles. The lowest BCUT2D eigenvalue weighted by Crippen LogP contribution is -2.46. The van der Waals surface area contributed by atoms with E-state index in [2.05, 4.69) is 41.4 Å². The van der Waals surface area contributed by atoms with Gasteiger partial charge in [-0.1, -0.05) is 33.1 Å². The van der Waals surface area contributed by atoms with E-state index in [4.69, 9.17) is 0 Å². The maximum Gasteiger partial charge on any atom is 0.153 e. The SMILES string of the molecule is CNC1(Cc2nc(C(C)C)n[nH]2)CCCCC1. The van der Waals surface area contributed by atoms with E-state index in [1.165, 1.54) is 32.1 Å². The van der Waals surface area contributed by atoms with Crippen LogP contribution in [-0.4, -0.2) is 27.8 Å². The Morgan fingerprint density at radius 2 is 2.00 bits per heavy atom. The second-order valence-corrected chi connectivity index (χ2v) is 5.56. The molecule has 1 aromatic rings. The van der Waals surface area contributed by atoms with Crippen LogP contribution in [0.15, 0.2) is 0 Å². The minimum Gasteiger partial charge on any atom is -0.314 e. The van der Waals surface area contributed by atoms with Crippen LogP contribution in [0.25, 0.3) is 0 Å². The summed E-state index contributed by atoms with van der Waals surface area (Å²) in [4.78, 5) is 4.59. The van der Waals surface area contributed by atoms with E-state index in [1.54, 1.807) is 0 Å². The molecule has 0 bridgehead atoms. The predicted molar refractivity (Wildman–Crippen MR) is 69.1 cm³/mol. The number of rotatable bonds is 4. The van der Waals surface area contributed by atoms with Crippen molar-refractivity contribution >= 4 is 0 Å². The summed E-state index contributed by atoms with van der Waals surface area (Å²) in [5.74, 6) is 2.36. The van der Waals surface area contributed by atoms with Gasteiger partial charge < -0.3 is 5.32 Å². The van der Waals surface area contributed by atoms with E-state index < -0.39 is 0 Å². The highest BCUT2D eigenvalue weighted by atomic mass is 15.2. The Bertz CT molecular complexity index is 350.